The molecule has 2 atom stereocenters. The Hall–Kier alpha value is -1.20. The fraction of sp³-hybridized carbons (Fsp3) is 0.714. The van der Waals surface area contributed by atoms with E-state index in [1.54, 1.807) is 0 Å². The van der Waals surface area contributed by atoms with Gasteiger partial charge in [-0.15, -0.1) is 0 Å². The summed E-state index contributed by atoms with van der Waals surface area (Å²) in [6.07, 6.45) is 5.69. The first-order valence-corrected chi connectivity index (χ1v) is 7.25. The normalized spacial score (nSPS) is 28.2. The molecule has 3 heterocycles. The summed E-state index contributed by atoms with van der Waals surface area (Å²) in [5.41, 5.74) is 6.58. The van der Waals surface area contributed by atoms with Gasteiger partial charge in [-0.3, -0.25) is 0 Å². The highest BCUT2D eigenvalue weighted by molar-refractivity contribution is 5.31. The molecule has 2 saturated heterocycles. The zero-order valence-corrected chi connectivity index (χ0v) is 11.6. The van der Waals surface area contributed by atoms with E-state index in [2.05, 4.69) is 26.8 Å². The molecule has 0 spiro atoms. The van der Waals surface area contributed by atoms with Gasteiger partial charge in [-0.1, -0.05) is 0 Å². The van der Waals surface area contributed by atoms with Crippen LogP contribution in [0.5, 0.6) is 0 Å². The molecule has 0 amide bonds. The van der Waals surface area contributed by atoms with Crippen molar-refractivity contribution in [2.75, 3.05) is 31.6 Å². The zero-order valence-electron chi connectivity index (χ0n) is 11.6. The van der Waals surface area contributed by atoms with Crippen LogP contribution in [0.3, 0.4) is 0 Å². The predicted octanol–water partition coefficient (Wildman–Crippen LogP) is 0.856. The Balaban J connectivity index is 1.73. The van der Waals surface area contributed by atoms with Gasteiger partial charge in [-0.2, -0.15) is 0 Å². The van der Waals surface area contributed by atoms with Gasteiger partial charge in [0.25, 0.3) is 0 Å². The highest BCUT2D eigenvalue weighted by Gasteiger charge is 2.34. The van der Waals surface area contributed by atoms with Gasteiger partial charge in [0.05, 0.1) is 5.69 Å². The SMILES string of the molecule is CN1CCCC2CN(c3nccc(CN)n3)CCC21. The molecule has 2 aliphatic rings. The maximum absolute atomic E-state index is 5.66. The molecule has 2 unspecified atom stereocenters. The highest BCUT2D eigenvalue weighted by atomic mass is 15.3. The van der Waals surface area contributed by atoms with E-state index in [-0.39, 0.29) is 0 Å². The molecule has 104 valence electrons. The number of hydrogen-bond donors (Lipinski definition) is 1. The summed E-state index contributed by atoms with van der Waals surface area (Å²) in [6, 6.07) is 2.65. The van der Waals surface area contributed by atoms with E-state index in [0.29, 0.717) is 6.54 Å². The number of aromatic nitrogens is 2. The van der Waals surface area contributed by atoms with Crippen molar-refractivity contribution in [3.8, 4) is 0 Å². The van der Waals surface area contributed by atoms with Crippen LogP contribution < -0.4 is 10.6 Å². The van der Waals surface area contributed by atoms with Crippen molar-refractivity contribution >= 4 is 5.95 Å². The fourth-order valence-electron chi connectivity index (χ4n) is 3.48. The van der Waals surface area contributed by atoms with Gasteiger partial charge in [0, 0.05) is 31.9 Å². The molecule has 2 N–H and O–H groups in total. The average Bonchev–Trinajstić information content (AvgIpc) is 2.47. The molecule has 5 heteroatoms. The van der Waals surface area contributed by atoms with Crippen molar-refractivity contribution in [2.45, 2.75) is 31.8 Å². The Morgan fingerprint density at radius 2 is 2.26 bits per heavy atom. The van der Waals surface area contributed by atoms with Crippen LogP contribution in [0.2, 0.25) is 0 Å². The van der Waals surface area contributed by atoms with E-state index in [9.17, 15) is 0 Å². The molecule has 19 heavy (non-hydrogen) atoms. The number of anilines is 1. The molecule has 2 aliphatic heterocycles. The minimum absolute atomic E-state index is 0.484. The summed E-state index contributed by atoms with van der Waals surface area (Å²) < 4.78 is 0. The van der Waals surface area contributed by atoms with Crippen LogP contribution in [-0.2, 0) is 6.54 Å². The lowest BCUT2D eigenvalue weighted by Gasteiger charge is -2.45. The summed E-state index contributed by atoms with van der Waals surface area (Å²) >= 11 is 0. The number of piperidine rings is 2. The lowest BCUT2D eigenvalue weighted by molar-refractivity contribution is 0.102. The first kappa shape index (κ1) is 12.8. The van der Waals surface area contributed by atoms with Crippen molar-refractivity contribution in [1.82, 2.24) is 14.9 Å². The maximum Gasteiger partial charge on any atom is 0.225 e. The van der Waals surface area contributed by atoms with Gasteiger partial charge in [-0.05, 0) is 44.8 Å². The van der Waals surface area contributed by atoms with Gasteiger partial charge in [0.2, 0.25) is 5.95 Å². The first-order valence-electron chi connectivity index (χ1n) is 7.25. The molecule has 1 aromatic rings. The average molecular weight is 261 g/mol. The second-order valence-electron chi connectivity index (χ2n) is 5.74. The van der Waals surface area contributed by atoms with Crippen LogP contribution in [0.15, 0.2) is 12.3 Å². The Labute approximate surface area is 114 Å². The van der Waals surface area contributed by atoms with E-state index in [1.165, 1.54) is 25.8 Å². The maximum atomic E-state index is 5.66. The molecule has 0 aliphatic carbocycles. The second kappa shape index (κ2) is 5.43. The van der Waals surface area contributed by atoms with Gasteiger partial charge in [0.15, 0.2) is 0 Å². The largest absolute Gasteiger partial charge is 0.340 e. The Morgan fingerprint density at radius 1 is 1.37 bits per heavy atom. The number of fused-ring (bicyclic) bond motifs is 1. The quantitative estimate of drug-likeness (QED) is 0.855. The molecule has 5 nitrogen and oxygen atoms in total. The van der Waals surface area contributed by atoms with Crippen LogP contribution in [0.4, 0.5) is 5.95 Å². The fourth-order valence-corrected chi connectivity index (χ4v) is 3.48. The summed E-state index contributed by atoms with van der Waals surface area (Å²) in [7, 11) is 2.26. The summed E-state index contributed by atoms with van der Waals surface area (Å²) in [5, 5.41) is 0. The van der Waals surface area contributed by atoms with Crippen molar-refractivity contribution in [3.63, 3.8) is 0 Å². The minimum atomic E-state index is 0.484. The van der Waals surface area contributed by atoms with Crippen LogP contribution in [0.1, 0.15) is 25.0 Å². The lowest BCUT2D eigenvalue weighted by Crippen LogP contribution is -2.53. The second-order valence-corrected chi connectivity index (χ2v) is 5.74. The topological polar surface area (TPSA) is 58.3 Å². The molecular weight excluding hydrogens is 238 g/mol. The van der Waals surface area contributed by atoms with Crippen LogP contribution in [0, 0.1) is 5.92 Å². The lowest BCUT2D eigenvalue weighted by atomic mass is 9.84. The van der Waals surface area contributed by atoms with Crippen LogP contribution in [-0.4, -0.2) is 47.6 Å². The van der Waals surface area contributed by atoms with E-state index in [4.69, 9.17) is 5.73 Å². The summed E-state index contributed by atoms with van der Waals surface area (Å²) in [4.78, 5) is 13.8. The Morgan fingerprint density at radius 3 is 3.11 bits per heavy atom. The highest BCUT2D eigenvalue weighted by Crippen LogP contribution is 2.30. The standard InChI is InChI=1S/C14H23N5/c1-18-7-2-3-11-10-19(8-5-13(11)18)14-16-6-4-12(9-15)17-14/h4,6,11,13H,2-3,5,7-10,15H2,1H3. The number of nitrogens with two attached hydrogens (primary N) is 1. The van der Waals surface area contributed by atoms with Crippen molar-refractivity contribution in [2.24, 2.45) is 11.7 Å². The third-order valence-corrected chi connectivity index (χ3v) is 4.54. The molecule has 2 fully saturated rings. The molecule has 3 rings (SSSR count). The summed E-state index contributed by atoms with van der Waals surface area (Å²) in [5.74, 6) is 1.62. The first-order chi connectivity index (χ1) is 9.28. The number of likely N-dealkylation sites (tertiary alicyclic amines) is 1. The molecule has 0 aromatic carbocycles. The zero-order chi connectivity index (χ0) is 13.2. The molecule has 1 aromatic heterocycles. The molecule has 0 saturated carbocycles. The van der Waals surface area contributed by atoms with Crippen molar-refractivity contribution in [3.05, 3.63) is 18.0 Å². The third-order valence-electron chi connectivity index (χ3n) is 4.54. The van der Waals surface area contributed by atoms with Crippen LogP contribution >= 0.6 is 0 Å². The minimum Gasteiger partial charge on any atom is -0.340 e. The predicted molar refractivity (Wildman–Crippen MR) is 75.9 cm³/mol. The number of hydrogen-bond acceptors (Lipinski definition) is 5. The van der Waals surface area contributed by atoms with E-state index in [0.717, 1.165) is 36.7 Å². The van der Waals surface area contributed by atoms with Crippen molar-refractivity contribution in [1.29, 1.82) is 0 Å². The molecule has 0 radical (unpaired) electrons. The Kier molecular flexibility index (Phi) is 3.66. The van der Waals surface area contributed by atoms with Gasteiger partial charge < -0.3 is 15.5 Å². The van der Waals surface area contributed by atoms with E-state index >= 15 is 0 Å². The Bertz CT molecular complexity index is 436. The van der Waals surface area contributed by atoms with Gasteiger partial charge >= 0.3 is 0 Å². The van der Waals surface area contributed by atoms with E-state index in [1.807, 2.05) is 12.3 Å². The van der Waals surface area contributed by atoms with Crippen molar-refractivity contribution < 1.29 is 0 Å². The molecule has 0 bridgehead atoms. The smallest absolute Gasteiger partial charge is 0.225 e. The van der Waals surface area contributed by atoms with Gasteiger partial charge in [0.1, 0.15) is 0 Å². The number of nitrogens with zero attached hydrogens (tertiary/aromatic N) is 4. The third kappa shape index (κ3) is 2.58. The van der Waals surface area contributed by atoms with E-state index < -0.39 is 0 Å². The van der Waals surface area contributed by atoms with Gasteiger partial charge in [-0.25, -0.2) is 9.97 Å². The number of rotatable bonds is 2. The van der Waals surface area contributed by atoms with Crippen LogP contribution in [0.25, 0.3) is 0 Å². The summed E-state index contributed by atoms with van der Waals surface area (Å²) in [6.45, 7) is 3.88. The molecular formula is C14H23N5. The monoisotopic (exact) mass is 261 g/mol.